The summed E-state index contributed by atoms with van der Waals surface area (Å²) in [6.07, 6.45) is 2.47. The second-order valence-corrected chi connectivity index (χ2v) is 4.95. The molecule has 0 amide bonds. The molecule has 0 aliphatic carbocycles. The van der Waals surface area contributed by atoms with E-state index in [9.17, 15) is 0 Å². The second kappa shape index (κ2) is 7.91. The molecule has 1 atom stereocenters. The van der Waals surface area contributed by atoms with Gasteiger partial charge in [0.1, 0.15) is 0 Å². The minimum Gasteiger partial charge on any atom is -0.493 e. The highest BCUT2D eigenvalue weighted by Gasteiger charge is 2.13. The maximum atomic E-state index is 6.22. The average Bonchev–Trinajstić information content (AvgIpc) is 2.40. The Bertz CT molecular complexity index is 509. The number of hydrogen-bond acceptors (Lipinski definition) is 4. The predicted octanol–water partition coefficient (Wildman–Crippen LogP) is 2.69. The van der Waals surface area contributed by atoms with Gasteiger partial charge in [-0.15, -0.1) is 0 Å². The normalized spacial score (nSPS) is 12.2. The molecule has 0 heterocycles. The van der Waals surface area contributed by atoms with Crippen molar-refractivity contribution in [3.63, 3.8) is 0 Å². The SMILES string of the molecule is CC[C@H](C)Oc1c(Cl)cc(/C=N\NC(N)=S)cc1OC. The van der Waals surface area contributed by atoms with E-state index in [-0.39, 0.29) is 11.2 Å². The summed E-state index contributed by atoms with van der Waals surface area (Å²) in [5.41, 5.74) is 8.49. The lowest BCUT2D eigenvalue weighted by atomic mass is 10.2. The van der Waals surface area contributed by atoms with E-state index in [1.807, 2.05) is 13.8 Å². The van der Waals surface area contributed by atoms with Crippen LogP contribution in [0.15, 0.2) is 17.2 Å². The molecule has 0 saturated heterocycles. The van der Waals surface area contributed by atoms with E-state index in [0.29, 0.717) is 16.5 Å². The maximum Gasteiger partial charge on any atom is 0.184 e. The molecule has 110 valence electrons. The summed E-state index contributed by atoms with van der Waals surface area (Å²) < 4.78 is 11.1. The van der Waals surface area contributed by atoms with Crippen LogP contribution in [0.2, 0.25) is 5.02 Å². The molecule has 0 saturated carbocycles. The fourth-order valence-electron chi connectivity index (χ4n) is 1.38. The highest BCUT2D eigenvalue weighted by Crippen LogP contribution is 2.36. The molecule has 0 aromatic heterocycles. The zero-order valence-electron chi connectivity index (χ0n) is 11.6. The summed E-state index contributed by atoms with van der Waals surface area (Å²) >= 11 is 10.9. The Morgan fingerprint density at radius 2 is 2.30 bits per heavy atom. The highest BCUT2D eigenvalue weighted by molar-refractivity contribution is 7.80. The molecule has 1 aromatic rings. The Balaban J connectivity index is 3.00. The van der Waals surface area contributed by atoms with Crippen LogP contribution in [0.5, 0.6) is 11.5 Å². The number of ether oxygens (including phenoxy) is 2. The van der Waals surface area contributed by atoms with Gasteiger partial charge in [-0.25, -0.2) is 0 Å². The summed E-state index contributed by atoms with van der Waals surface area (Å²) in [5, 5.41) is 4.42. The summed E-state index contributed by atoms with van der Waals surface area (Å²) in [6, 6.07) is 3.50. The Morgan fingerprint density at radius 1 is 1.60 bits per heavy atom. The van der Waals surface area contributed by atoms with Gasteiger partial charge in [-0.1, -0.05) is 18.5 Å². The fraction of sp³-hybridized carbons (Fsp3) is 0.385. The lowest BCUT2D eigenvalue weighted by Gasteiger charge is -2.17. The molecular weight excluding hydrogens is 298 g/mol. The van der Waals surface area contributed by atoms with Crippen molar-refractivity contribution in [2.45, 2.75) is 26.4 Å². The van der Waals surface area contributed by atoms with E-state index in [2.05, 4.69) is 22.7 Å². The largest absolute Gasteiger partial charge is 0.493 e. The quantitative estimate of drug-likeness (QED) is 0.480. The first-order valence-electron chi connectivity index (χ1n) is 6.10. The van der Waals surface area contributed by atoms with Gasteiger partial charge in [0.05, 0.1) is 24.5 Å². The van der Waals surface area contributed by atoms with Crippen molar-refractivity contribution < 1.29 is 9.47 Å². The van der Waals surface area contributed by atoms with Crippen molar-refractivity contribution in [3.05, 3.63) is 22.7 Å². The number of nitrogens with one attached hydrogen (secondary N) is 1. The van der Waals surface area contributed by atoms with Crippen molar-refractivity contribution in [1.29, 1.82) is 0 Å². The minimum absolute atomic E-state index is 0.0530. The van der Waals surface area contributed by atoms with Crippen molar-refractivity contribution in [3.8, 4) is 11.5 Å². The van der Waals surface area contributed by atoms with Crippen LogP contribution in [0.3, 0.4) is 0 Å². The summed E-state index contributed by atoms with van der Waals surface area (Å²) in [5.74, 6) is 1.08. The summed E-state index contributed by atoms with van der Waals surface area (Å²) in [7, 11) is 1.56. The van der Waals surface area contributed by atoms with Gasteiger partial charge in [0.15, 0.2) is 16.6 Å². The zero-order valence-corrected chi connectivity index (χ0v) is 13.2. The molecule has 1 aromatic carbocycles. The van der Waals surface area contributed by atoms with Crippen molar-refractivity contribution in [1.82, 2.24) is 5.43 Å². The van der Waals surface area contributed by atoms with Gasteiger partial charge in [-0.3, -0.25) is 5.43 Å². The van der Waals surface area contributed by atoms with Crippen LogP contribution in [0.25, 0.3) is 0 Å². The Morgan fingerprint density at radius 3 is 2.85 bits per heavy atom. The third kappa shape index (κ3) is 4.86. The van der Waals surface area contributed by atoms with Crippen LogP contribution in [0.1, 0.15) is 25.8 Å². The number of methoxy groups -OCH3 is 1. The smallest absolute Gasteiger partial charge is 0.184 e. The van der Waals surface area contributed by atoms with Gasteiger partial charge in [0.25, 0.3) is 0 Å². The molecule has 0 aliphatic heterocycles. The highest BCUT2D eigenvalue weighted by atomic mass is 35.5. The number of hydrazone groups is 1. The molecule has 20 heavy (non-hydrogen) atoms. The van der Waals surface area contributed by atoms with Crippen LogP contribution < -0.4 is 20.6 Å². The number of benzene rings is 1. The molecule has 0 spiro atoms. The van der Waals surface area contributed by atoms with Gasteiger partial charge in [-0.2, -0.15) is 5.10 Å². The van der Waals surface area contributed by atoms with E-state index in [1.54, 1.807) is 25.5 Å². The molecule has 0 unspecified atom stereocenters. The van der Waals surface area contributed by atoms with Crippen LogP contribution in [-0.2, 0) is 0 Å². The third-order valence-corrected chi connectivity index (χ3v) is 2.91. The number of thiocarbonyl (C=S) groups is 1. The van der Waals surface area contributed by atoms with Gasteiger partial charge < -0.3 is 15.2 Å². The molecule has 5 nitrogen and oxygen atoms in total. The standard InChI is InChI=1S/C13H18ClN3O2S/c1-4-8(2)19-12-10(14)5-9(6-11(12)18-3)7-16-17-13(15)20/h5-8H,4H2,1-3H3,(H3,15,17,20)/b16-7-/t8-/m0/s1. The molecule has 0 fully saturated rings. The Kier molecular flexibility index (Phi) is 6.54. The summed E-state index contributed by atoms with van der Waals surface area (Å²) in [4.78, 5) is 0. The average molecular weight is 316 g/mol. The van der Waals surface area contributed by atoms with Gasteiger partial charge >= 0.3 is 0 Å². The number of nitrogens with zero attached hydrogens (tertiary/aromatic N) is 1. The van der Waals surface area contributed by atoms with E-state index in [4.69, 9.17) is 26.8 Å². The third-order valence-electron chi connectivity index (χ3n) is 2.53. The lowest BCUT2D eigenvalue weighted by molar-refractivity contribution is 0.208. The van der Waals surface area contributed by atoms with Gasteiger partial charge in [-0.05, 0) is 43.3 Å². The monoisotopic (exact) mass is 315 g/mol. The first-order valence-corrected chi connectivity index (χ1v) is 6.89. The molecule has 0 bridgehead atoms. The fourth-order valence-corrected chi connectivity index (χ4v) is 1.70. The predicted molar refractivity (Wildman–Crippen MR) is 85.9 cm³/mol. The maximum absolute atomic E-state index is 6.22. The molecule has 0 aliphatic rings. The van der Waals surface area contributed by atoms with Crippen molar-refractivity contribution in [2.75, 3.05) is 7.11 Å². The topological polar surface area (TPSA) is 68.9 Å². The Hall–Kier alpha value is -1.53. The number of nitrogens with two attached hydrogens (primary N) is 1. The second-order valence-electron chi connectivity index (χ2n) is 4.11. The van der Waals surface area contributed by atoms with E-state index in [0.717, 1.165) is 12.0 Å². The number of halogens is 1. The van der Waals surface area contributed by atoms with Crippen molar-refractivity contribution >= 4 is 35.1 Å². The number of rotatable bonds is 6. The van der Waals surface area contributed by atoms with Gasteiger partial charge in [0.2, 0.25) is 0 Å². The summed E-state index contributed by atoms with van der Waals surface area (Å²) in [6.45, 7) is 4.00. The molecular formula is C13H18ClN3O2S. The van der Waals surface area contributed by atoms with Crippen LogP contribution in [0.4, 0.5) is 0 Å². The van der Waals surface area contributed by atoms with E-state index >= 15 is 0 Å². The van der Waals surface area contributed by atoms with Gasteiger partial charge in [0, 0.05) is 0 Å². The van der Waals surface area contributed by atoms with Crippen LogP contribution in [-0.4, -0.2) is 24.5 Å². The molecule has 3 N–H and O–H groups in total. The molecule has 7 heteroatoms. The minimum atomic E-state index is 0.0530. The zero-order chi connectivity index (χ0) is 15.1. The molecule has 0 radical (unpaired) electrons. The van der Waals surface area contributed by atoms with E-state index < -0.39 is 0 Å². The first kappa shape index (κ1) is 16.5. The van der Waals surface area contributed by atoms with Crippen LogP contribution >= 0.6 is 23.8 Å². The van der Waals surface area contributed by atoms with Crippen LogP contribution in [0, 0.1) is 0 Å². The first-order chi connectivity index (χ1) is 9.47. The number of hydrogen-bond donors (Lipinski definition) is 2. The Labute approximate surface area is 129 Å². The van der Waals surface area contributed by atoms with E-state index in [1.165, 1.54) is 0 Å². The molecule has 1 rings (SSSR count). The van der Waals surface area contributed by atoms with Crippen molar-refractivity contribution in [2.24, 2.45) is 10.8 Å². The lowest BCUT2D eigenvalue weighted by Crippen LogP contribution is -2.24.